The second-order valence-corrected chi connectivity index (χ2v) is 4.70. The number of aromatic nitrogens is 3. The van der Waals surface area contributed by atoms with Crippen molar-refractivity contribution in [1.29, 1.82) is 0 Å². The van der Waals surface area contributed by atoms with Crippen molar-refractivity contribution in [3.63, 3.8) is 0 Å². The maximum atomic E-state index is 5.79. The highest BCUT2D eigenvalue weighted by atomic mass is 15.4. The van der Waals surface area contributed by atoms with Crippen LogP contribution in [0.1, 0.15) is 32.0 Å². The highest BCUT2D eigenvalue weighted by molar-refractivity contribution is 5.31. The minimum atomic E-state index is 0.136. The Morgan fingerprint density at radius 2 is 1.94 bits per heavy atom. The molecule has 1 aliphatic rings. The maximum absolute atomic E-state index is 5.79. The first kappa shape index (κ1) is 11.4. The molecule has 0 bridgehead atoms. The van der Waals surface area contributed by atoms with Gasteiger partial charge in [-0.3, -0.25) is 0 Å². The molecule has 90 valence electrons. The molecular formula is C11H21N5. The van der Waals surface area contributed by atoms with E-state index in [1.807, 2.05) is 14.0 Å². The van der Waals surface area contributed by atoms with Crippen LogP contribution in [0.2, 0.25) is 0 Å². The molecule has 1 fully saturated rings. The average Bonchev–Trinajstić information content (AvgIpc) is 2.61. The number of rotatable bonds is 3. The largest absolute Gasteiger partial charge is 0.341 e. The molecule has 0 saturated carbocycles. The predicted molar refractivity (Wildman–Crippen MR) is 64.4 cm³/mol. The number of anilines is 1. The van der Waals surface area contributed by atoms with E-state index in [1.54, 1.807) is 0 Å². The third-order valence-corrected chi connectivity index (χ3v) is 3.09. The minimum absolute atomic E-state index is 0.136. The average molecular weight is 223 g/mol. The van der Waals surface area contributed by atoms with Crippen molar-refractivity contribution in [2.75, 3.05) is 18.0 Å². The molecule has 2 rings (SSSR count). The van der Waals surface area contributed by atoms with Crippen LogP contribution in [-0.2, 0) is 13.5 Å². The molecule has 0 radical (unpaired) electrons. The fourth-order valence-electron chi connectivity index (χ4n) is 2.19. The number of hydrogen-bond acceptors (Lipinski definition) is 4. The Morgan fingerprint density at radius 1 is 1.25 bits per heavy atom. The molecule has 1 saturated heterocycles. The molecule has 2 heterocycles. The highest BCUT2D eigenvalue weighted by Gasteiger charge is 2.18. The van der Waals surface area contributed by atoms with Crippen LogP contribution in [0.15, 0.2) is 0 Å². The standard InChI is InChI=1S/C11H21N5/c1-9(12)8-10-13-14-11(15(10)2)16-6-4-3-5-7-16/h9H,3-8,12H2,1-2H3. The van der Waals surface area contributed by atoms with E-state index >= 15 is 0 Å². The van der Waals surface area contributed by atoms with Gasteiger partial charge in [0.1, 0.15) is 5.82 Å². The monoisotopic (exact) mass is 223 g/mol. The van der Waals surface area contributed by atoms with Gasteiger partial charge in [0.25, 0.3) is 0 Å². The summed E-state index contributed by atoms with van der Waals surface area (Å²) in [6, 6.07) is 0.136. The normalized spacial score (nSPS) is 18.8. The molecule has 2 N–H and O–H groups in total. The van der Waals surface area contributed by atoms with Crippen LogP contribution in [0.3, 0.4) is 0 Å². The van der Waals surface area contributed by atoms with E-state index in [-0.39, 0.29) is 6.04 Å². The lowest BCUT2D eigenvalue weighted by atomic mass is 10.1. The lowest BCUT2D eigenvalue weighted by Crippen LogP contribution is -2.31. The molecule has 0 aliphatic carbocycles. The summed E-state index contributed by atoms with van der Waals surface area (Å²) in [6.45, 7) is 4.20. The zero-order valence-electron chi connectivity index (χ0n) is 10.2. The topological polar surface area (TPSA) is 60.0 Å². The summed E-state index contributed by atoms with van der Waals surface area (Å²) in [4.78, 5) is 2.32. The van der Waals surface area contributed by atoms with Gasteiger partial charge in [-0.1, -0.05) is 0 Å². The van der Waals surface area contributed by atoms with Crippen LogP contribution >= 0.6 is 0 Å². The van der Waals surface area contributed by atoms with Gasteiger partial charge in [0, 0.05) is 32.6 Å². The van der Waals surface area contributed by atoms with Crippen molar-refractivity contribution in [1.82, 2.24) is 14.8 Å². The molecule has 1 unspecified atom stereocenters. The number of nitrogens with two attached hydrogens (primary N) is 1. The molecule has 1 atom stereocenters. The van der Waals surface area contributed by atoms with Gasteiger partial charge in [-0.15, -0.1) is 10.2 Å². The van der Waals surface area contributed by atoms with E-state index < -0.39 is 0 Å². The van der Waals surface area contributed by atoms with E-state index in [2.05, 4.69) is 19.7 Å². The highest BCUT2D eigenvalue weighted by Crippen LogP contribution is 2.17. The van der Waals surface area contributed by atoms with Crippen LogP contribution in [-0.4, -0.2) is 33.9 Å². The summed E-state index contributed by atoms with van der Waals surface area (Å²) in [7, 11) is 2.03. The summed E-state index contributed by atoms with van der Waals surface area (Å²) in [5, 5.41) is 8.50. The van der Waals surface area contributed by atoms with Gasteiger partial charge >= 0.3 is 0 Å². The van der Waals surface area contributed by atoms with Crippen molar-refractivity contribution in [2.45, 2.75) is 38.6 Å². The lowest BCUT2D eigenvalue weighted by molar-refractivity contribution is 0.559. The molecule has 1 aliphatic heterocycles. The quantitative estimate of drug-likeness (QED) is 0.819. The van der Waals surface area contributed by atoms with Crippen LogP contribution in [0, 0.1) is 0 Å². The van der Waals surface area contributed by atoms with Crippen molar-refractivity contribution in [3.8, 4) is 0 Å². The van der Waals surface area contributed by atoms with Gasteiger partial charge in [-0.2, -0.15) is 0 Å². The van der Waals surface area contributed by atoms with Crippen molar-refractivity contribution >= 4 is 5.95 Å². The molecular weight excluding hydrogens is 202 g/mol. The van der Waals surface area contributed by atoms with E-state index in [0.717, 1.165) is 31.3 Å². The fraction of sp³-hybridized carbons (Fsp3) is 0.818. The number of hydrogen-bond donors (Lipinski definition) is 1. The summed E-state index contributed by atoms with van der Waals surface area (Å²) >= 11 is 0. The summed E-state index contributed by atoms with van der Waals surface area (Å²) < 4.78 is 2.08. The molecule has 0 spiro atoms. The van der Waals surface area contributed by atoms with Gasteiger partial charge in [-0.25, -0.2) is 0 Å². The predicted octanol–water partition coefficient (Wildman–Crippen LogP) is 0.695. The SMILES string of the molecule is CC(N)Cc1nnc(N2CCCCC2)n1C. The molecule has 5 heteroatoms. The van der Waals surface area contributed by atoms with Gasteiger partial charge in [0.2, 0.25) is 5.95 Å². The van der Waals surface area contributed by atoms with Gasteiger partial charge < -0.3 is 15.2 Å². The second-order valence-electron chi connectivity index (χ2n) is 4.70. The first-order valence-electron chi connectivity index (χ1n) is 6.07. The molecule has 5 nitrogen and oxygen atoms in total. The van der Waals surface area contributed by atoms with E-state index in [0.29, 0.717) is 0 Å². The van der Waals surface area contributed by atoms with E-state index in [4.69, 9.17) is 5.73 Å². The fourth-order valence-corrected chi connectivity index (χ4v) is 2.19. The molecule has 1 aromatic rings. The van der Waals surface area contributed by atoms with Crippen LogP contribution in [0.25, 0.3) is 0 Å². The van der Waals surface area contributed by atoms with Gasteiger partial charge in [0.05, 0.1) is 0 Å². The van der Waals surface area contributed by atoms with Gasteiger partial charge in [0.15, 0.2) is 0 Å². The zero-order valence-corrected chi connectivity index (χ0v) is 10.2. The Balaban J connectivity index is 2.12. The van der Waals surface area contributed by atoms with Crippen LogP contribution in [0.4, 0.5) is 5.95 Å². The van der Waals surface area contributed by atoms with Crippen LogP contribution < -0.4 is 10.6 Å². The Kier molecular flexibility index (Phi) is 3.43. The molecule has 16 heavy (non-hydrogen) atoms. The number of piperidine rings is 1. The Bertz CT molecular complexity index is 338. The molecule has 1 aromatic heterocycles. The lowest BCUT2D eigenvalue weighted by Gasteiger charge is -2.27. The third-order valence-electron chi connectivity index (χ3n) is 3.09. The van der Waals surface area contributed by atoms with E-state index in [9.17, 15) is 0 Å². The first-order chi connectivity index (χ1) is 7.68. The molecule has 0 aromatic carbocycles. The Labute approximate surface area is 96.6 Å². The Morgan fingerprint density at radius 3 is 2.56 bits per heavy atom. The second kappa shape index (κ2) is 4.82. The van der Waals surface area contributed by atoms with E-state index in [1.165, 1.54) is 19.3 Å². The smallest absolute Gasteiger partial charge is 0.226 e. The van der Waals surface area contributed by atoms with Crippen molar-refractivity contribution in [2.24, 2.45) is 12.8 Å². The van der Waals surface area contributed by atoms with Crippen LogP contribution in [0.5, 0.6) is 0 Å². The van der Waals surface area contributed by atoms with Gasteiger partial charge in [-0.05, 0) is 26.2 Å². The first-order valence-corrected chi connectivity index (χ1v) is 6.07. The minimum Gasteiger partial charge on any atom is -0.341 e. The Hall–Kier alpha value is -1.10. The van der Waals surface area contributed by atoms with Crippen molar-refractivity contribution in [3.05, 3.63) is 5.82 Å². The molecule has 0 amide bonds. The summed E-state index contributed by atoms with van der Waals surface area (Å²) in [6.07, 6.45) is 4.64. The third kappa shape index (κ3) is 2.35. The number of nitrogens with zero attached hydrogens (tertiary/aromatic N) is 4. The van der Waals surface area contributed by atoms with Crippen molar-refractivity contribution < 1.29 is 0 Å². The summed E-state index contributed by atoms with van der Waals surface area (Å²) in [5.74, 6) is 1.98. The maximum Gasteiger partial charge on any atom is 0.226 e. The summed E-state index contributed by atoms with van der Waals surface area (Å²) in [5.41, 5.74) is 5.79. The zero-order chi connectivity index (χ0) is 11.5.